The molecular weight excluding hydrogens is 592 g/mol. The molecule has 0 aromatic heterocycles. The average Bonchev–Trinajstić information content (AvgIpc) is 3.01. The fourth-order valence-electron chi connectivity index (χ4n) is 4.21. The number of hydrogen-bond donors (Lipinski definition) is 6. The normalized spacial score (nSPS) is 21.4. The van der Waals surface area contributed by atoms with E-state index in [1.165, 1.54) is 48.6 Å². The van der Waals surface area contributed by atoms with Gasteiger partial charge in [0.1, 0.15) is 36.4 Å². The van der Waals surface area contributed by atoms with Gasteiger partial charge in [0.2, 0.25) is 12.0 Å². The molecule has 0 aliphatic carbocycles. The van der Waals surface area contributed by atoms with Gasteiger partial charge < -0.3 is 49.6 Å². The van der Waals surface area contributed by atoms with Crippen molar-refractivity contribution in [3.05, 3.63) is 89.5 Å². The molecule has 13 heteroatoms. The summed E-state index contributed by atoms with van der Waals surface area (Å²) in [7, 11) is 0. The Morgan fingerprint density at radius 3 is 1.93 bits per heavy atom. The van der Waals surface area contributed by atoms with Crippen LogP contribution in [0.1, 0.15) is 28.4 Å². The van der Waals surface area contributed by atoms with Crippen molar-refractivity contribution in [2.45, 2.75) is 37.6 Å². The second-order valence-corrected chi connectivity index (χ2v) is 9.87. The van der Waals surface area contributed by atoms with Gasteiger partial charge in [-0.25, -0.2) is 4.79 Å². The number of carbonyl (C=O) groups excluding carboxylic acids is 3. The summed E-state index contributed by atoms with van der Waals surface area (Å²) in [5, 5.41) is 61.5. The minimum Gasteiger partial charge on any atom is -0.508 e. The van der Waals surface area contributed by atoms with Crippen LogP contribution < -0.4 is 4.74 Å². The summed E-state index contributed by atoms with van der Waals surface area (Å²) in [6, 6.07) is 14.1. The van der Waals surface area contributed by atoms with Crippen molar-refractivity contribution in [2.75, 3.05) is 6.61 Å². The number of rotatable bonds is 10. The summed E-state index contributed by atoms with van der Waals surface area (Å²) < 4.78 is 21.5. The van der Waals surface area contributed by atoms with Crippen LogP contribution in [0.25, 0.3) is 12.2 Å². The zero-order valence-electron chi connectivity index (χ0n) is 23.7. The molecule has 0 saturated carbocycles. The van der Waals surface area contributed by atoms with E-state index in [4.69, 9.17) is 18.9 Å². The van der Waals surface area contributed by atoms with Crippen molar-refractivity contribution in [2.24, 2.45) is 0 Å². The highest BCUT2D eigenvalue weighted by atomic mass is 16.7. The number of esters is 2. The van der Waals surface area contributed by atoms with Gasteiger partial charge in [0.15, 0.2) is 23.4 Å². The van der Waals surface area contributed by atoms with Crippen molar-refractivity contribution in [1.82, 2.24) is 0 Å². The largest absolute Gasteiger partial charge is 0.508 e. The quantitative estimate of drug-likeness (QED) is 0.0832. The zero-order valence-corrected chi connectivity index (χ0v) is 23.7. The lowest BCUT2D eigenvalue weighted by Gasteiger charge is -2.41. The molecule has 4 rings (SSSR count). The van der Waals surface area contributed by atoms with Crippen LogP contribution in [-0.2, 0) is 23.8 Å². The maximum atomic E-state index is 12.7. The van der Waals surface area contributed by atoms with E-state index in [0.29, 0.717) is 11.1 Å². The Morgan fingerprint density at radius 1 is 0.778 bits per heavy atom. The first-order valence-electron chi connectivity index (χ1n) is 13.5. The number of aliphatic hydroxyl groups excluding tert-OH is 2. The lowest BCUT2D eigenvalue weighted by molar-refractivity contribution is -0.282. The molecule has 1 aliphatic heterocycles. The van der Waals surface area contributed by atoms with Crippen LogP contribution in [0.3, 0.4) is 0 Å². The van der Waals surface area contributed by atoms with Gasteiger partial charge in [-0.2, -0.15) is 0 Å². The first-order chi connectivity index (χ1) is 21.4. The zero-order chi connectivity index (χ0) is 32.7. The molecule has 1 saturated heterocycles. The number of ether oxygens (including phenoxy) is 4. The molecule has 3 aromatic rings. The Balaban J connectivity index is 1.55. The fourth-order valence-corrected chi connectivity index (χ4v) is 4.21. The summed E-state index contributed by atoms with van der Waals surface area (Å²) in [6.45, 7) is 0.612. The third kappa shape index (κ3) is 8.38. The van der Waals surface area contributed by atoms with E-state index in [1.807, 2.05) is 0 Å². The fraction of sp³-hybridized carbons (Fsp3) is 0.219. The smallest absolute Gasteiger partial charge is 0.331 e. The second-order valence-electron chi connectivity index (χ2n) is 9.87. The Bertz CT molecular complexity index is 1580. The molecular formula is C32H30O13. The van der Waals surface area contributed by atoms with Gasteiger partial charge in [-0.05, 0) is 59.7 Å². The summed E-state index contributed by atoms with van der Waals surface area (Å²) in [4.78, 5) is 36.7. The molecule has 6 N–H and O–H groups in total. The molecule has 0 unspecified atom stereocenters. The van der Waals surface area contributed by atoms with Crippen LogP contribution in [0.4, 0.5) is 0 Å². The SMILES string of the molecule is CC(=O)OC[C@H]1O[C@@H](Oc2ccc(C(=O)C=Cc3ccc(O)cc3)c(O)c2O)[C@H](OC(=O)C=Cc2ccc(O)cc2)[C@@H](O)[C@@H]1O. The Labute approximate surface area is 256 Å². The lowest BCUT2D eigenvalue weighted by atomic mass is 9.99. The van der Waals surface area contributed by atoms with E-state index < -0.39 is 72.3 Å². The van der Waals surface area contributed by atoms with Gasteiger partial charge in [-0.15, -0.1) is 0 Å². The second kappa shape index (κ2) is 14.4. The van der Waals surface area contributed by atoms with Gasteiger partial charge >= 0.3 is 11.9 Å². The standard InChI is InChI=1S/C32H30O13/c1-17(33)42-16-25-29(40)30(41)31(45-26(37)15-7-19-4-10-21(35)11-5-19)32(44-25)43-24-14-12-22(27(38)28(24)39)23(36)13-6-18-2-8-20(34)9-3-18/h2-15,25,29-32,34-35,38-41H,16H2,1H3/t25-,29-,30+,31-,32-/m1/s1. The minimum absolute atomic E-state index is 0.0201. The van der Waals surface area contributed by atoms with E-state index in [0.717, 1.165) is 31.2 Å². The van der Waals surface area contributed by atoms with Crippen LogP contribution in [0.2, 0.25) is 0 Å². The van der Waals surface area contributed by atoms with Crippen LogP contribution in [0.15, 0.2) is 72.8 Å². The number of aliphatic hydroxyl groups is 2. The summed E-state index contributed by atoms with van der Waals surface area (Å²) >= 11 is 0. The highest BCUT2D eigenvalue weighted by molar-refractivity contribution is 6.09. The molecule has 5 atom stereocenters. The number of ketones is 1. The third-order valence-electron chi connectivity index (χ3n) is 6.60. The van der Waals surface area contributed by atoms with Crippen LogP contribution in [0, 0.1) is 0 Å². The highest BCUT2D eigenvalue weighted by Gasteiger charge is 2.48. The van der Waals surface area contributed by atoms with Crippen LogP contribution in [0.5, 0.6) is 28.7 Å². The maximum Gasteiger partial charge on any atom is 0.331 e. The predicted molar refractivity (Wildman–Crippen MR) is 156 cm³/mol. The molecule has 13 nitrogen and oxygen atoms in total. The molecule has 0 spiro atoms. The number of phenols is 4. The molecule has 3 aromatic carbocycles. The molecule has 1 heterocycles. The number of carbonyl (C=O) groups is 3. The van der Waals surface area contributed by atoms with Crippen LogP contribution >= 0.6 is 0 Å². The number of hydrogen-bond acceptors (Lipinski definition) is 13. The van der Waals surface area contributed by atoms with Crippen molar-refractivity contribution in [1.29, 1.82) is 0 Å². The summed E-state index contributed by atoms with van der Waals surface area (Å²) in [6.07, 6.45) is -3.32. The number of allylic oxidation sites excluding steroid dienone is 1. The van der Waals surface area contributed by atoms with E-state index in [1.54, 1.807) is 12.1 Å². The maximum absolute atomic E-state index is 12.7. The number of aromatic hydroxyl groups is 4. The van der Waals surface area contributed by atoms with E-state index in [2.05, 4.69) is 0 Å². The van der Waals surface area contributed by atoms with Crippen molar-refractivity contribution in [3.8, 4) is 28.7 Å². The minimum atomic E-state index is -1.82. The molecule has 0 radical (unpaired) electrons. The molecule has 45 heavy (non-hydrogen) atoms. The summed E-state index contributed by atoms with van der Waals surface area (Å²) in [5.74, 6) is -4.46. The molecule has 236 valence electrons. The Hall–Kier alpha value is -5.37. The van der Waals surface area contributed by atoms with Gasteiger partial charge in [-0.3, -0.25) is 9.59 Å². The average molecular weight is 623 g/mol. The highest BCUT2D eigenvalue weighted by Crippen LogP contribution is 2.40. The third-order valence-corrected chi connectivity index (χ3v) is 6.60. The van der Waals surface area contributed by atoms with Gasteiger partial charge in [0, 0.05) is 13.0 Å². The van der Waals surface area contributed by atoms with Crippen molar-refractivity contribution >= 4 is 29.9 Å². The first kappa shape index (κ1) is 32.5. The molecule has 1 fully saturated rings. The number of benzene rings is 3. The van der Waals surface area contributed by atoms with Gasteiger partial charge in [0.25, 0.3) is 0 Å². The Morgan fingerprint density at radius 2 is 1.36 bits per heavy atom. The Kier molecular flexibility index (Phi) is 10.4. The van der Waals surface area contributed by atoms with Crippen molar-refractivity contribution in [3.63, 3.8) is 0 Å². The number of phenolic OH excluding ortho intramolecular Hbond substituents is 4. The topological polar surface area (TPSA) is 210 Å². The predicted octanol–water partition coefficient (Wildman–Crippen LogP) is 2.42. The van der Waals surface area contributed by atoms with Crippen LogP contribution in [-0.4, -0.2) is 85.7 Å². The van der Waals surface area contributed by atoms with E-state index >= 15 is 0 Å². The van der Waals surface area contributed by atoms with E-state index in [9.17, 15) is 45.0 Å². The molecule has 1 aliphatic rings. The van der Waals surface area contributed by atoms with Crippen molar-refractivity contribution < 1.29 is 64.0 Å². The van der Waals surface area contributed by atoms with Gasteiger partial charge in [-0.1, -0.05) is 30.3 Å². The molecule has 0 bridgehead atoms. The molecule has 0 amide bonds. The monoisotopic (exact) mass is 622 g/mol. The summed E-state index contributed by atoms with van der Waals surface area (Å²) in [5.41, 5.74) is 0.833. The lowest BCUT2D eigenvalue weighted by Crippen LogP contribution is -2.61. The first-order valence-corrected chi connectivity index (χ1v) is 13.5. The van der Waals surface area contributed by atoms with Gasteiger partial charge in [0.05, 0.1) is 5.56 Å². The van der Waals surface area contributed by atoms with E-state index in [-0.39, 0.29) is 17.1 Å².